The molecule has 1 N–H and O–H groups in total. The molecule has 5 nitrogen and oxygen atoms in total. The van der Waals surface area contributed by atoms with Gasteiger partial charge in [-0.05, 0) is 37.2 Å². The van der Waals surface area contributed by atoms with Crippen molar-refractivity contribution in [3.05, 3.63) is 18.0 Å². The Morgan fingerprint density at radius 2 is 1.94 bits per heavy atom. The smallest absolute Gasteiger partial charge is 0.316 e. The van der Waals surface area contributed by atoms with Gasteiger partial charge in [0.25, 0.3) is 0 Å². The van der Waals surface area contributed by atoms with Crippen molar-refractivity contribution in [3.8, 4) is 6.01 Å². The van der Waals surface area contributed by atoms with Gasteiger partial charge in [-0.3, -0.25) is 0 Å². The summed E-state index contributed by atoms with van der Waals surface area (Å²) in [5.74, 6) is 0.641. The van der Waals surface area contributed by atoms with Crippen molar-refractivity contribution in [2.45, 2.75) is 31.6 Å². The molecule has 1 aromatic heterocycles. The normalized spacial score (nSPS) is 24.9. The van der Waals surface area contributed by atoms with E-state index in [-0.39, 0.29) is 5.92 Å². The predicted octanol–water partition coefficient (Wildman–Crippen LogP) is 2.79. The second-order valence-electron chi connectivity index (χ2n) is 4.47. The quantitative estimate of drug-likeness (QED) is 0.520. The van der Waals surface area contributed by atoms with Crippen molar-refractivity contribution in [2.75, 3.05) is 7.11 Å². The predicted molar refractivity (Wildman–Crippen MR) is 68.4 cm³/mol. The molecule has 0 saturated heterocycles. The standard InChI is InChI=1S/C12H16ClN3O2/c1-18-12-14-6-10(7-15-12)8-2-4-9(5-3-8)11(13)16-17/h6-9,17H,2-5H2,1H3. The van der Waals surface area contributed by atoms with Crippen molar-refractivity contribution in [2.24, 2.45) is 11.1 Å². The molecule has 1 saturated carbocycles. The van der Waals surface area contributed by atoms with E-state index in [0.29, 0.717) is 17.1 Å². The fraction of sp³-hybridized carbons (Fsp3) is 0.583. The first-order valence-electron chi connectivity index (χ1n) is 5.98. The molecule has 0 atom stereocenters. The van der Waals surface area contributed by atoms with Crippen LogP contribution in [0.15, 0.2) is 17.5 Å². The fourth-order valence-electron chi connectivity index (χ4n) is 2.39. The van der Waals surface area contributed by atoms with Gasteiger partial charge in [0.15, 0.2) is 0 Å². The van der Waals surface area contributed by atoms with E-state index in [1.165, 1.54) is 0 Å². The lowest BCUT2D eigenvalue weighted by Crippen LogP contribution is -2.18. The first kappa shape index (κ1) is 13.1. The van der Waals surface area contributed by atoms with Crippen molar-refractivity contribution in [1.29, 1.82) is 0 Å². The largest absolute Gasteiger partial charge is 0.467 e. The third-order valence-corrected chi connectivity index (χ3v) is 3.85. The van der Waals surface area contributed by atoms with Crippen LogP contribution < -0.4 is 4.74 Å². The number of oxime groups is 1. The summed E-state index contributed by atoms with van der Waals surface area (Å²) < 4.78 is 4.94. The molecule has 2 rings (SSSR count). The molecule has 1 aliphatic rings. The maximum Gasteiger partial charge on any atom is 0.316 e. The molecule has 0 unspecified atom stereocenters. The third-order valence-electron chi connectivity index (χ3n) is 3.46. The second kappa shape index (κ2) is 6.00. The average Bonchev–Trinajstić information content (AvgIpc) is 2.47. The summed E-state index contributed by atoms with van der Waals surface area (Å²) in [6, 6.07) is 0.392. The molecule has 6 heteroatoms. The Morgan fingerprint density at radius 3 is 2.44 bits per heavy atom. The number of nitrogens with zero attached hydrogens (tertiary/aromatic N) is 3. The molecule has 1 heterocycles. The number of ether oxygens (including phenoxy) is 1. The van der Waals surface area contributed by atoms with Crippen LogP contribution in [0.3, 0.4) is 0 Å². The van der Waals surface area contributed by atoms with E-state index in [1.807, 2.05) is 12.4 Å². The Kier molecular flexibility index (Phi) is 4.36. The van der Waals surface area contributed by atoms with E-state index in [1.54, 1.807) is 7.11 Å². The van der Waals surface area contributed by atoms with Gasteiger partial charge in [0.05, 0.1) is 7.11 Å². The van der Waals surface area contributed by atoms with Gasteiger partial charge in [-0.1, -0.05) is 16.8 Å². The first-order valence-corrected chi connectivity index (χ1v) is 6.35. The zero-order chi connectivity index (χ0) is 13.0. The van der Waals surface area contributed by atoms with Crippen LogP contribution in [0.5, 0.6) is 6.01 Å². The highest BCUT2D eigenvalue weighted by Gasteiger charge is 2.25. The number of rotatable bonds is 3. The van der Waals surface area contributed by atoms with E-state index in [4.69, 9.17) is 21.5 Å². The lowest BCUT2D eigenvalue weighted by Gasteiger charge is -2.27. The molecule has 1 aliphatic carbocycles. The monoisotopic (exact) mass is 269 g/mol. The number of methoxy groups -OCH3 is 1. The minimum atomic E-state index is 0.187. The van der Waals surface area contributed by atoms with Crippen molar-refractivity contribution in [1.82, 2.24) is 9.97 Å². The summed E-state index contributed by atoms with van der Waals surface area (Å²) in [5, 5.41) is 12.0. The molecular formula is C12H16ClN3O2. The maximum atomic E-state index is 8.65. The highest BCUT2D eigenvalue weighted by atomic mass is 35.5. The van der Waals surface area contributed by atoms with Crippen LogP contribution in [-0.2, 0) is 0 Å². The Labute approximate surface area is 111 Å². The number of aromatic nitrogens is 2. The van der Waals surface area contributed by atoms with Crippen molar-refractivity contribution < 1.29 is 9.94 Å². The molecule has 18 heavy (non-hydrogen) atoms. The molecule has 0 aliphatic heterocycles. The van der Waals surface area contributed by atoms with Crippen LogP contribution in [-0.4, -0.2) is 27.5 Å². The third kappa shape index (κ3) is 2.90. The lowest BCUT2D eigenvalue weighted by atomic mass is 9.80. The summed E-state index contributed by atoms with van der Waals surface area (Å²) in [6.07, 6.45) is 7.51. The summed E-state index contributed by atoms with van der Waals surface area (Å²) >= 11 is 5.84. The average molecular weight is 270 g/mol. The summed E-state index contributed by atoms with van der Waals surface area (Å²) in [4.78, 5) is 8.24. The molecule has 0 spiro atoms. The highest BCUT2D eigenvalue weighted by Crippen LogP contribution is 2.36. The lowest BCUT2D eigenvalue weighted by molar-refractivity contribution is 0.310. The Hall–Kier alpha value is -1.36. The van der Waals surface area contributed by atoms with Crippen LogP contribution >= 0.6 is 11.6 Å². The second-order valence-corrected chi connectivity index (χ2v) is 4.86. The molecule has 98 valence electrons. The van der Waals surface area contributed by atoms with Gasteiger partial charge >= 0.3 is 6.01 Å². The van der Waals surface area contributed by atoms with Crippen LogP contribution in [0.25, 0.3) is 0 Å². The Balaban J connectivity index is 1.96. The number of hydrogen-bond donors (Lipinski definition) is 1. The van der Waals surface area contributed by atoms with Gasteiger partial charge in [0.1, 0.15) is 5.17 Å². The van der Waals surface area contributed by atoms with E-state index < -0.39 is 0 Å². The van der Waals surface area contributed by atoms with E-state index in [0.717, 1.165) is 31.2 Å². The van der Waals surface area contributed by atoms with Gasteiger partial charge in [0.2, 0.25) is 0 Å². The maximum absolute atomic E-state index is 8.65. The topological polar surface area (TPSA) is 67.6 Å². The molecule has 0 bridgehead atoms. The van der Waals surface area contributed by atoms with E-state index >= 15 is 0 Å². The van der Waals surface area contributed by atoms with E-state index in [9.17, 15) is 0 Å². The molecule has 0 radical (unpaired) electrons. The SMILES string of the molecule is COc1ncc(C2CCC(C(Cl)=NO)CC2)cn1. The Bertz CT molecular complexity index is 414. The summed E-state index contributed by atoms with van der Waals surface area (Å²) in [7, 11) is 1.55. The van der Waals surface area contributed by atoms with E-state index in [2.05, 4.69) is 15.1 Å². The zero-order valence-electron chi connectivity index (χ0n) is 10.2. The van der Waals surface area contributed by atoms with Crippen LogP contribution in [0, 0.1) is 5.92 Å². The molecule has 1 fully saturated rings. The van der Waals surface area contributed by atoms with Gasteiger partial charge in [-0.15, -0.1) is 0 Å². The molecule has 1 aromatic rings. The van der Waals surface area contributed by atoms with Crippen LogP contribution in [0.2, 0.25) is 0 Å². The Morgan fingerprint density at radius 1 is 1.33 bits per heavy atom. The molecular weight excluding hydrogens is 254 g/mol. The summed E-state index contributed by atoms with van der Waals surface area (Å²) in [5.41, 5.74) is 1.13. The van der Waals surface area contributed by atoms with Crippen molar-refractivity contribution in [3.63, 3.8) is 0 Å². The number of halogens is 1. The van der Waals surface area contributed by atoms with Gasteiger partial charge in [-0.25, -0.2) is 9.97 Å². The van der Waals surface area contributed by atoms with Crippen LogP contribution in [0.4, 0.5) is 0 Å². The molecule has 0 amide bonds. The molecule has 0 aromatic carbocycles. The van der Waals surface area contributed by atoms with Crippen LogP contribution in [0.1, 0.15) is 37.2 Å². The minimum Gasteiger partial charge on any atom is -0.467 e. The van der Waals surface area contributed by atoms with Gasteiger partial charge in [0, 0.05) is 18.3 Å². The minimum absolute atomic E-state index is 0.187. The summed E-state index contributed by atoms with van der Waals surface area (Å²) in [6.45, 7) is 0. The van der Waals surface area contributed by atoms with Gasteiger partial charge < -0.3 is 9.94 Å². The first-order chi connectivity index (χ1) is 8.74. The van der Waals surface area contributed by atoms with Crippen molar-refractivity contribution >= 4 is 16.8 Å². The highest BCUT2D eigenvalue weighted by molar-refractivity contribution is 6.65. The number of hydrogen-bond acceptors (Lipinski definition) is 5. The fourth-order valence-corrected chi connectivity index (χ4v) is 2.61. The van der Waals surface area contributed by atoms with Gasteiger partial charge in [-0.2, -0.15) is 0 Å². The zero-order valence-corrected chi connectivity index (χ0v) is 11.0.